The summed E-state index contributed by atoms with van der Waals surface area (Å²) in [5.41, 5.74) is 0. The van der Waals surface area contributed by atoms with Crippen LogP contribution in [0.15, 0.2) is 221 Å². The summed E-state index contributed by atoms with van der Waals surface area (Å²) >= 11 is 0. The standard InChI is InChI=1S/C57H52O21S4/c58-37-1-27-56(54(63)29-37)81(69,70)52-23-11-46(12-24-52)77-35-40(61)33-75-44-7-19-50(20-8-44)79(65,66)48-15-3-42(4-16-48)73-31-39(60)32-74-43-5-17-49(18-6-43)80(67,68)51-21-9-45(10-22-51)76-34-41(62)36-78-47-13-25-53(26-14-47)82(71,72)57-28-2-38(59)30-55(57)64/h1-30,39-41,58-64H,31-36H2. The molecule has 0 saturated carbocycles. The molecule has 0 spiro atoms. The van der Waals surface area contributed by atoms with Gasteiger partial charge in [-0.05, 0) is 170 Å². The van der Waals surface area contributed by atoms with Gasteiger partial charge in [-0.1, -0.05) is 0 Å². The highest BCUT2D eigenvalue weighted by Crippen LogP contribution is 2.34. The molecule has 0 bridgehead atoms. The van der Waals surface area contributed by atoms with E-state index < -0.39 is 69.2 Å². The molecule has 25 heteroatoms. The lowest BCUT2D eigenvalue weighted by Gasteiger charge is -2.15. The number of benzene rings is 8. The first-order valence-corrected chi connectivity index (χ1v) is 30.4. The van der Waals surface area contributed by atoms with Crippen molar-refractivity contribution in [2.75, 3.05) is 39.6 Å². The van der Waals surface area contributed by atoms with Gasteiger partial charge in [-0.3, -0.25) is 0 Å². The van der Waals surface area contributed by atoms with Crippen molar-refractivity contribution in [3.8, 4) is 57.5 Å². The summed E-state index contributed by atoms with van der Waals surface area (Å²) in [6.07, 6.45) is -3.40. The van der Waals surface area contributed by atoms with E-state index in [9.17, 15) is 69.4 Å². The molecule has 0 fully saturated rings. The summed E-state index contributed by atoms with van der Waals surface area (Å²) in [4.78, 5) is -1.21. The van der Waals surface area contributed by atoms with Gasteiger partial charge in [0, 0.05) is 12.1 Å². The number of aromatic hydroxyl groups is 4. The first-order chi connectivity index (χ1) is 39.0. The third kappa shape index (κ3) is 14.7. The minimum absolute atomic E-state index is 0.0406. The fourth-order valence-electron chi connectivity index (χ4n) is 7.58. The van der Waals surface area contributed by atoms with Crippen molar-refractivity contribution in [3.63, 3.8) is 0 Å². The van der Waals surface area contributed by atoms with Crippen LogP contribution in [-0.4, -0.2) is 127 Å². The van der Waals surface area contributed by atoms with Crippen molar-refractivity contribution in [2.24, 2.45) is 0 Å². The molecule has 8 rings (SSSR count). The molecule has 82 heavy (non-hydrogen) atoms. The fourth-order valence-corrected chi connectivity index (χ4v) is 12.8. The van der Waals surface area contributed by atoms with Crippen molar-refractivity contribution in [3.05, 3.63) is 182 Å². The van der Waals surface area contributed by atoms with Crippen LogP contribution in [0.2, 0.25) is 0 Å². The van der Waals surface area contributed by atoms with Crippen LogP contribution in [-0.2, 0) is 39.3 Å². The van der Waals surface area contributed by atoms with Gasteiger partial charge in [0.25, 0.3) is 0 Å². The molecule has 0 aromatic heterocycles. The zero-order valence-corrected chi connectivity index (χ0v) is 46.0. The Labute approximate surface area is 471 Å². The Kier molecular flexibility index (Phi) is 18.5. The van der Waals surface area contributed by atoms with Gasteiger partial charge < -0.3 is 64.2 Å². The summed E-state index contributed by atoms with van der Waals surface area (Å²) in [6, 6.07) is 38.9. The fraction of sp³-hybridized carbons (Fsp3) is 0.158. The van der Waals surface area contributed by atoms with E-state index in [0.29, 0.717) is 0 Å². The Hall–Kier alpha value is -8.56. The van der Waals surface area contributed by atoms with Crippen LogP contribution in [0.5, 0.6) is 57.5 Å². The van der Waals surface area contributed by atoms with Gasteiger partial charge in [-0.2, -0.15) is 0 Å². The molecule has 0 radical (unpaired) electrons. The van der Waals surface area contributed by atoms with Gasteiger partial charge in [0.2, 0.25) is 39.3 Å². The number of phenols is 4. The summed E-state index contributed by atoms with van der Waals surface area (Å²) < 4.78 is 139. The lowest BCUT2D eigenvalue weighted by Crippen LogP contribution is -2.25. The molecule has 0 heterocycles. The Bertz CT molecular complexity index is 3680. The monoisotopic (exact) mass is 1200 g/mol. The van der Waals surface area contributed by atoms with Gasteiger partial charge in [0.1, 0.15) is 125 Å². The molecule has 7 N–H and O–H groups in total. The molecule has 8 aromatic rings. The van der Waals surface area contributed by atoms with E-state index in [-0.39, 0.29) is 125 Å². The maximum atomic E-state index is 13.4. The van der Waals surface area contributed by atoms with E-state index in [1.165, 1.54) is 146 Å². The average molecular weight is 1200 g/mol. The first-order valence-electron chi connectivity index (χ1n) is 24.4. The number of rotatable bonds is 26. The third-order valence-electron chi connectivity index (χ3n) is 11.9. The topological polar surface area (TPSA) is 334 Å². The van der Waals surface area contributed by atoms with Crippen LogP contribution in [0.4, 0.5) is 0 Å². The second-order valence-electron chi connectivity index (χ2n) is 18.0. The number of ether oxygens (including phenoxy) is 6. The van der Waals surface area contributed by atoms with Crippen molar-refractivity contribution in [1.82, 2.24) is 0 Å². The highest BCUT2D eigenvalue weighted by molar-refractivity contribution is 7.92. The zero-order valence-electron chi connectivity index (χ0n) is 42.8. The molecule has 0 saturated heterocycles. The molecule has 8 aromatic carbocycles. The lowest BCUT2D eigenvalue weighted by molar-refractivity contribution is 0.0626. The maximum absolute atomic E-state index is 13.4. The van der Waals surface area contributed by atoms with Crippen LogP contribution in [0.1, 0.15) is 0 Å². The number of phenolic OH excluding ortho intramolecular Hbond substituents is 4. The zero-order chi connectivity index (χ0) is 58.8. The molecule has 21 nitrogen and oxygen atoms in total. The van der Waals surface area contributed by atoms with Gasteiger partial charge >= 0.3 is 0 Å². The smallest absolute Gasteiger partial charge is 0.210 e. The van der Waals surface area contributed by atoms with E-state index >= 15 is 0 Å². The molecule has 2 unspecified atom stereocenters. The minimum atomic E-state index is -4.10. The Morgan fingerprint density at radius 3 is 0.634 bits per heavy atom. The number of hydrogen-bond donors (Lipinski definition) is 7. The number of aliphatic hydroxyl groups excluding tert-OH is 3. The molecule has 0 amide bonds. The minimum Gasteiger partial charge on any atom is -0.508 e. The summed E-state index contributed by atoms with van der Waals surface area (Å²) in [5, 5.41) is 70.4. The normalized spacial score (nSPS) is 13.1. The van der Waals surface area contributed by atoms with E-state index in [2.05, 4.69) is 0 Å². The van der Waals surface area contributed by atoms with Gasteiger partial charge in [0.05, 0.1) is 29.4 Å². The van der Waals surface area contributed by atoms with Crippen LogP contribution < -0.4 is 28.4 Å². The summed E-state index contributed by atoms with van der Waals surface area (Å²) in [5.74, 6) is -0.292. The maximum Gasteiger partial charge on any atom is 0.210 e. The van der Waals surface area contributed by atoms with Crippen molar-refractivity contribution >= 4 is 39.3 Å². The molecule has 2 atom stereocenters. The Morgan fingerprint density at radius 1 is 0.268 bits per heavy atom. The van der Waals surface area contributed by atoms with Gasteiger partial charge in [-0.25, -0.2) is 33.7 Å². The number of hydrogen-bond acceptors (Lipinski definition) is 21. The predicted octanol–water partition coefficient (Wildman–Crippen LogP) is 6.30. The van der Waals surface area contributed by atoms with Gasteiger partial charge in [-0.15, -0.1) is 0 Å². The number of sulfone groups is 4. The predicted molar refractivity (Wildman–Crippen MR) is 291 cm³/mol. The Morgan fingerprint density at radius 2 is 0.451 bits per heavy atom. The van der Waals surface area contributed by atoms with Crippen LogP contribution in [0.25, 0.3) is 0 Å². The quantitative estimate of drug-likeness (QED) is 0.0313. The van der Waals surface area contributed by atoms with Crippen molar-refractivity contribution in [2.45, 2.75) is 57.5 Å². The molecule has 0 aliphatic rings. The number of aliphatic hydroxyl groups is 3. The van der Waals surface area contributed by atoms with Crippen LogP contribution in [0, 0.1) is 0 Å². The molecular weight excluding hydrogens is 1150 g/mol. The molecule has 0 aliphatic carbocycles. The highest BCUT2D eigenvalue weighted by atomic mass is 32.2. The second kappa shape index (κ2) is 25.5. The SMILES string of the molecule is O=S(=O)(c1ccc(OCC(O)COc2ccc(S(=O)(=O)c3ccc(OCC(O)COc4ccc(S(=O)(=O)c5ccc(O)cc5O)cc4)cc3)cc2)cc1)c1ccc(OCC(O)COc2ccc(S(=O)(=O)c3ccc(O)cc3O)cc2)cc1. The van der Waals surface area contributed by atoms with E-state index in [1.54, 1.807) is 0 Å². The van der Waals surface area contributed by atoms with E-state index in [0.717, 1.165) is 36.4 Å². The summed E-state index contributed by atoms with van der Waals surface area (Å²) in [6.45, 7) is -1.37. The van der Waals surface area contributed by atoms with Crippen LogP contribution in [0.3, 0.4) is 0 Å². The van der Waals surface area contributed by atoms with Crippen molar-refractivity contribution in [1.29, 1.82) is 0 Å². The highest BCUT2D eigenvalue weighted by Gasteiger charge is 2.25. The van der Waals surface area contributed by atoms with Crippen molar-refractivity contribution < 1.29 is 97.8 Å². The van der Waals surface area contributed by atoms with E-state index in [1.807, 2.05) is 0 Å². The van der Waals surface area contributed by atoms with Crippen LogP contribution >= 0.6 is 0 Å². The van der Waals surface area contributed by atoms with Gasteiger partial charge in [0.15, 0.2) is 0 Å². The second-order valence-corrected chi connectivity index (χ2v) is 25.7. The largest absolute Gasteiger partial charge is 0.508 e. The first kappa shape index (κ1) is 59.6. The summed E-state index contributed by atoms with van der Waals surface area (Å²) in [7, 11) is -16.2. The lowest BCUT2D eigenvalue weighted by atomic mass is 10.3. The Balaban J connectivity index is 0.724. The average Bonchev–Trinajstić information content (AvgIpc) is 3.50. The molecule has 0 aliphatic heterocycles. The third-order valence-corrected chi connectivity index (χ3v) is 19.1. The van der Waals surface area contributed by atoms with E-state index in [4.69, 9.17) is 28.4 Å². The molecular formula is C57H52O21S4. The molecule has 430 valence electrons.